The third-order valence-corrected chi connectivity index (χ3v) is 13.7. The van der Waals surface area contributed by atoms with Gasteiger partial charge in [-0.15, -0.1) is 0 Å². The van der Waals surface area contributed by atoms with E-state index in [9.17, 15) is 14.4 Å². The summed E-state index contributed by atoms with van der Waals surface area (Å²) < 4.78 is 16.9. The van der Waals surface area contributed by atoms with Crippen LogP contribution in [0.4, 0.5) is 0 Å². The quantitative estimate of drug-likeness (QED) is 0.0261. The van der Waals surface area contributed by atoms with Gasteiger partial charge in [0.15, 0.2) is 6.10 Å². The minimum atomic E-state index is -0.788. The van der Waals surface area contributed by atoms with Gasteiger partial charge in [-0.2, -0.15) is 0 Å². The molecule has 0 heterocycles. The summed E-state index contributed by atoms with van der Waals surface area (Å²) in [7, 11) is 0. The molecule has 0 amide bonds. The molecule has 1 atom stereocenters. The number of esters is 3. The van der Waals surface area contributed by atoms with Gasteiger partial charge >= 0.3 is 17.9 Å². The predicted octanol–water partition coefficient (Wildman–Crippen LogP) is 22.5. The van der Waals surface area contributed by atoms with E-state index in [1.54, 1.807) is 0 Å². The molecule has 0 aromatic rings. The molecule has 1 unspecified atom stereocenters. The second-order valence-electron chi connectivity index (χ2n) is 21.3. The Morgan fingerprint density at radius 2 is 0.494 bits per heavy atom. The molecule has 0 aliphatic carbocycles. The van der Waals surface area contributed by atoms with Crippen LogP contribution in [-0.4, -0.2) is 37.2 Å². The summed E-state index contributed by atoms with van der Waals surface area (Å²) in [5.41, 5.74) is 0. The molecular weight excluding hydrogens is 973 g/mol. The molecule has 0 fully saturated rings. The third kappa shape index (κ3) is 64.3. The van der Waals surface area contributed by atoms with Gasteiger partial charge in [-0.05, 0) is 116 Å². The van der Waals surface area contributed by atoms with Crippen LogP contribution in [0.1, 0.15) is 290 Å². The molecule has 0 aliphatic heterocycles. The van der Waals surface area contributed by atoms with Crippen LogP contribution < -0.4 is 0 Å². The molecule has 0 spiro atoms. The lowest BCUT2D eigenvalue weighted by Gasteiger charge is -2.18. The van der Waals surface area contributed by atoms with E-state index in [0.29, 0.717) is 19.3 Å². The Hall–Kier alpha value is -4.45. The van der Waals surface area contributed by atoms with Crippen LogP contribution in [0.25, 0.3) is 0 Å². The molecule has 0 radical (unpaired) electrons. The summed E-state index contributed by atoms with van der Waals surface area (Å²) in [5.74, 6) is -0.899. The molecule has 0 bridgehead atoms. The van der Waals surface area contributed by atoms with Crippen molar-refractivity contribution in [2.75, 3.05) is 13.2 Å². The van der Waals surface area contributed by atoms with Gasteiger partial charge in [0.2, 0.25) is 0 Å². The molecule has 0 aromatic carbocycles. The maximum atomic E-state index is 12.9. The number of unbranched alkanes of at least 4 members (excludes halogenated alkanes) is 25. The van der Waals surface area contributed by atoms with Crippen molar-refractivity contribution < 1.29 is 28.6 Å². The van der Waals surface area contributed by atoms with E-state index < -0.39 is 6.10 Å². The summed E-state index contributed by atoms with van der Waals surface area (Å²) in [6, 6.07) is 0. The van der Waals surface area contributed by atoms with Crippen molar-refractivity contribution in [1.29, 1.82) is 0 Å². The summed E-state index contributed by atoms with van der Waals surface area (Å²) >= 11 is 0. The number of hydrogen-bond acceptors (Lipinski definition) is 6. The largest absolute Gasteiger partial charge is 0.462 e. The van der Waals surface area contributed by atoms with E-state index in [4.69, 9.17) is 14.2 Å². The van der Waals surface area contributed by atoms with Crippen LogP contribution in [0.15, 0.2) is 134 Å². The van der Waals surface area contributed by atoms with Gasteiger partial charge in [0.25, 0.3) is 0 Å². The molecule has 0 aliphatic rings. The first-order chi connectivity index (χ1) is 39.0. The SMILES string of the molecule is CC/C=C\C/C=C\C/C=C\C/C=C\C/C=C\C/C=C\CCCCCCCCCCC(=O)OCC(COC(=O)CCCCCCCCCCC)OC(=O)CCCCCCCCCCC/C=C\C/C=C\C/C=C\C/C=C\C/C=C\CC. The fourth-order valence-corrected chi connectivity index (χ4v) is 8.83. The van der Waals surface area contributed by atoms with E-state index >= 15 is 0 Å². The monoisotopic (exact) mass is 1090 g/mol. The molecule has 0 N–H and O–H groups in total. The Balaban J connectivity index is 4.27. The van der Waals surface area contributed by atoms with Gasteiger partial charge in [0, 0.05) is 19.3 Å². The van der Waals surface area contributed by atoms with Gasteiger partial charge < -0.3 is 14.2 Å². The molecule has 6 nitrogen and oxygen atoms in total. The van der Waals surface area contributed by atoms with Crippen molar-refractivity contribution in [2.45, 2.75) is 297 Å². The van der Waals surface area contributed by atoms with Crippen molar-refractivity contribution in [3.8, 4) is 0 Å². The zero-order chi connectivity index (χ0) is 57.1. The first-order valence-corrected chi connectivity index (χ1v) is 32.7. The van der Waals surface area contributed by atoms with E-state index in [2.05, 4.69) is 154 Å². The first kappa shape index (κ1) is 74.5. The Morgan fingerprint density at radius 1 is 0.266 bits per heavy atom. The topological polar surface area (TPSA) is 78.9 Å². The van der Waals surface area contributed by atoms with Crippen LogP contribution in [0, 0.1) is 0 Å². The Morgan fingerprint density at radius 3 is 0.772 bits per heavy atom. The van der Waals surface area contributed by atoms with Crippen LogP contribution in [0.3, 0.4) is 0 Å². The Labute approximate surface area is 487 Å². The first-order valence-electron chi connectivity index (χ1n) is 32.7. The molecule has 6 heteroatoms. The fourth-order valence-electron chi connectivity index (χ4n) is 8.83. The number of carbonyl (C=O) groups excluding carboxylic acids is 3. The summed E-state index contributed by atoms with van der Waals surface area (Å²) in [4.78, 5) is 38.2. The average molecular weight is 1090 g/mol. The van der Waals surface area contributed by atoms with Crippen molar-refractivity contribution in [2.24, 2.45) is 0 Å². The highest BCUT2D eigenvalue weighted by Crippen LogP contribution is 2.16. The summed E-state index contributed by atoms with van der Waals surface area (Å²) in [6.07, 6.45) is 93.2. The lowest BCUT2D eigenvalue weighted by Crippen LogP contribution is -2.30. The molecule has 0 saturated carbocycles. The van der Waals surface area contributed by atoms with Crippen molar-refractivity contribution in [1.82, 2.24) is 0 Å². The van der Waals surface area contributed by atoms with Crippen molar-refractivity contribution in [3.05, 3.63) is 134 Å². The minimum Gasteiger partial charge on any atom is -0.462 e. The number of rotatable bonds is 58. The molecule has 79 heavy (non-hydrogen) atoms. The van der Waals surface area contributed by atoms with Gasteiger partial charge in [0.1, 0.15) is 13.2 Å². The minimum absolute atomic E-state index is 0.0843. The third-order valence-electron chi connectivity index (χ3n) is 13.7. The van der Waals surface area contributed by atoms with Gasteiger partial charge in [-0.25, -0.2) is 0 Å². The number of ether oxygens (including phenoxy) is 3. The van der Waals surface area contributed by atoms with Gasteiger partial charge in [-0.3, -0.25) is 14.4 Å². The van der Waals surface area contributed by atoms with Crippen molar-refractivity contribution in [3.63, 3.8) is 0 Å². The molecule has 448 valence electrons. The number of allylic oxidation sites excluding steroid dienone is 22. The van der Waals surface area contributed by atoms with Crippen LogP contribution in [0.5, 0.6) is 0 Å². The molecule has 0 rings (SSSR count). The molecule has 0 aromatic heterocycles. The zero-order valence-electron chi connectivity index (χ0n) is 51.3. The smallest absolute Gasteiger partial charge is 0.306 e. The van der Waals surface area contributed by atoms with Gasteiger partial charge in [-0.1, -0.05) is 289 Å². The van der Waals surface area contributed by atoms with Crippen LogP contribution >= 0.6 is 0 Å². The van der Waals surface area contributed by atoms with Crippen LogP contribution in [-0.2, 0) is 28.6 Å². The van der Waals surface area contributed by atoms with Gasteiger partial charge in [0.05, 0.1) is 0 Å². The van der Waals surface area contributed by atoms with E-state index in [1.165, 1.54) is 109 Å². The zero-order valence-corrected chi connectivity index (χ0v) is 51.3. The normalized spacial score (nSPS) is 13.0. The highest BCUT2D eigenvalue weighted by molar-refractivity contribution is 5.71. The number of carbonyl (C=O) groups is 3. The second kappa shape index (κ2) is 66.1. The number of hydrogen-bond donors (Lipinski definition) is 0. The Kier molecular flexibility index (Phi) is 62.3. The summed E-state index contributed by atoms with van der Waals surface area (Å²) in [5, 5.41) is 0. The molecule has 0 saturated heterocycles. The average Bonchev–Trinajstić information content (AvgIpc) is 3.45. The second-order valence-corrected chi connectivity index (χ2v) is 21.3. The highest BCUT2D eigenvalue weighted by Gasteiger charge is 2.19. The maximum absolute atomic E-state index is 12.9. The van der Waals surface area contributed by atoms with E-state index in [1.807, 2.05) is 0 Å². The molecular formula is C73H120O6. The maximum Gasteiger partial charge on any atom is 0.306 e. The lowest BCUT2D eigenvalue weighted by molar-refractivity contribution is -0.167. The highest BCUT2D eigenvalue weighted by atomic mass is 16.6. The lowest BCUT2D eigenvalue weighted by atomic mass is 10.1. The van der Waals surface area contributed by atoms with E-state index in [-0.39, 0.29) is 31.1 Å². The summed E-state index contributed by atoms with van der Waals surface area (Å²) in [6.45, 7) is 6.39. The Bertz CT molecular complexity index is 1680. The van der Waals surface area contributed by atoms with Crippen LogP contribution in [0.2, 0.25) is 0 Å². The predicted molar refractivity (Wildman–Crippen MR) is 343 cm³/mol. The fraction of sp³-hybridized carbons (Fsp3) is 0.658. The van der Waals surface area contributed by atoms with E-state index in [0.717, 1.165) is 141 Å². The van der Waals surface area contributed by atoms with Crippen molar-refractivity contribution >= 4 is 17.9 Å². The standard InChI is InChI=1S/C73H120O6/c1-4-7-10-13-16-19-21-23-25-27-29-31-33-35-36-38-39-41-43-45-47-49-51-54-57-60-63-66-72(75)78-69-70(68-77-71(74)65-62-59-56-53-18-15-12-9-6-3)79-73(76)67-64-61-58-55-52-50-48-46-44-42-40-37-34-32-30-28-26-24-22-20-17-14-11-8-5-2/h7-8,10-11,16-17,19-20,23-26,29-32,35-37,39-41,70H,4-6,9,12-15,18,21-22,27-28,33-34,38,42-69H2,1-3H3/b10-7-,11-8-,19-16-,20-17-,25-23-,26-24-,31-29-,32-30-,36-35-,40-37-,41-39-.